The lowest BCUT2D eigenvalue weighted by Gasteiger charge is -2.56. The first-order valence-electron chi connectivity index (χ1n) is 9.99. The van der Waals surface area contributed by atoms with Crippen molar-refractivity contribution in [1.29, 1.82) is 0 Å². The summed E-state index contributed by atoms with van der Waals surface area (Å²) in [5.74, 6) is -2.16. The Kier molecular flexibility index (Phi) is 3.72. The number of carbonyl (C=O) groups is 2. The highest BCUT2D eigenvalue weighted by molar-refractivity contribution is 6.26. The van der Waals surface area contributed by atoms with Crippen molar-refractivity contribution in [2.75, 3.05) is 0 Å². The number of fused-ring (bicyclic) bond motifs is 1. The van der Waals surface area contributed by atoms with Crippen molar-refractivity contribution in [3.8, 4) is 11.5 Å². The minimum absolute atomic E-state index is 0.102. The zero-order valence-corrected chi connectivity index (χ0v) is 16.7. The van der Waals surface area contributed by atoms with Crippen molar-refractivity contribution in [1.82, 2.24) is 0 Å². The van der Waals surface area contributed by atoms with Crippen LogP contribution in [0.4, 0.5) is 0 Å². The minimum atomic E-state index is -1.62. The molecule has 0 heterocycles. The highest BCUT2D eigenvalue weighted by Crippen LogP contribution is 2.63. The number of aliphatic hydroxyl groups is 1. The zero-order chi connectivity index (χ0) is 21.4. The van der Waals surface area contributed by atoms with Crippen molar-refractivity contribution in [3.63, 3.8) is 0 Å². The second kappa shape index (κ2) is 5.92. The van der Waals surface area contributed by atoms with Crippen LogP contribution in [0, 0.1) is 17.8 Å². The Morgan fingerprint density at radius 3 is 2.07 bits per heavy atom. The molecule has 0 aliphatic heterocycles. The van der Waals surface area contributed by atoms with E-state index in [1.54, 1.807) is 36.4 Å². The van der Waals surface area contributed by atoms with Gasteiger partial charge in [-0.25, -0.2) is 0 Å². The summed E-state index contributed by atoms with van der Waals surface area (Å²) in [6.45, 7) is 3.38. The van der Waals surface area contributed by atoms with E-state index >= 15 is 0 Å². The summed E-state index contributed by atoms with van der Waals surface area (Å²) in [7, 11) is 0. The number of rotatable bonds is 2. The van der Waals surface area contributed by atoms with Gasteiger partial charge in [0.25, 0.3) is 0 Å². The molecule has 0 spiro atoms. The van der Waals surface area contributed by atoms with E-state index in [9.17, 15) is 24.9 Å². The van der Waals surface area contributed by atoms with Gasteiger partial charge in [-0.05, 0) is 49.2 Å². The van der Waals surface area contributed by atoms with Gasteiger partial charge in [0.1, 0.15) is 17.1 Å². The minimum Gasteiger partial charge on any atom is -0.508 e. The fourth-order valence-corrected chi connectivity index (χ4v) is 5.77. The summed E-state index contributed by atoms with van der Waals surface area (Å²) in [4.78, 5) is 27.1. The molecule has 5 nitrogen and oxygen atoms in total. The van der Waals surface area contributed by atoms with Crippen LogP contribution in [0.15, 0.2) is 66.3 Å². The quantitative estimate of drug-likeness (QED) is 0.671. The van der Waals surface area contributed by atoms with Gasteiger partial charge in [-0.3, -0.25) is 9.59 Å². The molecule has 0 amide bonds. The Balaban J connectivity index is 1.80. The second-order valence-electron chi connectivity index (χ2n) is 8.81. The van der Waals surface area contributed by atoms with Gasteiger partial charge in [-0.15, -0.1) is 0 Å². The van der Waals surface area contributed by atoms with Crippen molar-refractivity contribution in [2.45, 2.75) is 24.9 Å². The Labute approximate surface area is 174 Å². The number of hydrogen-bond donors (Lipinski definition) is 3. The molecule has 5 atom stereocenters. The maximum atomic E-state index is 13.7. The highest BCUT2D eigenvalue weighted by atomic mass is 16.3. The van der Waals surface area contributed by atoms with E-state index in [4.69, 9.17) is 0 Å². The number of ketones is 2. The molecule has 152 valence electrons. The lowest BCUT2D eigenvalue weighted by Crippen LogP contribution is -2.66. The Morgan fingerprint density at radius 2 is 1.47 bits per heavy atom. The molecule has 5 heteroatoms. The van der Waals surface area contributed by atoms with Gasteiger partial charge < -0.3 is 15.3 Å². The Bertz CT molecular complexity index is 1140. The van der Waals surface area contributed by atoms with Gasteiger partial charge in [0.05, 0.1) is 5.92 Å². The van der Waals surface area contributed by atoms with Crippen LogP contribution >= 0.6 is 0 Å². The number of allylic oxidation sites excluding steroid dienone is 3. The van der Waals surface area contributed by atoms with Crippen molar-refractivity contribution < 1.29 is 24.9 Å². The Hall–Kier alpha value is -3.18. The van der Waals surface area contributed by atoms with Crippen molar-refractivity contribution >= 4 is 17.1 Å². The molecule has 0 radical (unpaired) electrons. The van der Waals surface area contributed by atoms with Crippen molar-refractivity contribution in [3.05, 3.63) is 77.4 Å². The number of Topliss-reactive ketones (excluding diaryl/α,β-unsaturated/α-hetero) is 2. The van der Waals surface area contributed by atoms with Crippen LogP contribution in [-0.2, 0) is 15.0 Å². The maximum Gasteiger partial charge on any atom is 0.172 e. The number of aromatic hydroxyl groups is 2. The van der Waals surface area contributed by atoms with E-state index in [-0.39, 0.29) is 23.1 Å². The monoisotopic (exact) mass is 402 g/mol. The third-order valence-corrected chi connectivity index (χ3v) is 7.14. The van der Waals surface area contributed by atoms with Crippen molar-refractivity contribution in [2.24, 2.45) is 17.8 Å². The summed E-state index contributed by atoms with van der Waals surface area (Å²) >= 11 is 0. The first-order valence-corrected chi connectivity index (χ1v) is 9.99. The maximum absolute atomic E-state index is 13.7. The topological polar surface area (TPSA) is 94.8 Å². The summed E-state index contributed by atoms with van der Waals surface area (Å²) in [6.07, 6.45) is 3.75. The van der Waals surface area contributed by atoms with Gasteiger partial charge in [0.2, 0.25) is 0 Å². The van der Waals surface area contributed by atoms with Gasteiger partial charge in [-0.1, -0.05) is 42.0 Å². The number of carbonyl (C=O) groups excluding carboxylic acids is 2. The normalized spacial score (nSPS) is 34.6. The third-order valence-electron chi connectivity index (χ3n) is 7.14. The van der Waals surface area contributed by atoms with Gasteiger partial charge in [-0.2, -0.15) is 0 Å². The molecular formula is C25H22O5. The fraction of sp³-hybridized carbons (Fsp3) is 0.280. The number of phenolic OH excluding ortho intramolecular Hbond substituents is 2. The van der Waals surface area contributed by atoms with Gasteiger partial charge >= 0.3 is 0 Å². The molecule has 1 fully saturated rings. The van der Waals surface area contributed by atoms with Gasteiger partial charge in [0, 0.05) is 22.8 Å². The predicted octanol–water partition coefficient (Wildman–Crippen LogP) is 3.14. The average molecular weight is 402 g/mol. The van der Waals surface area contributed by atoms with E-state index in [0.717, 1.165) is 11.1 Å². The molecule has 4 aliphatic carbocycles. The first-order chi connectivity index (χ1) is 14.2. The van der Waals surface area contributed by atoms with E-state index in [2.05, 4.69) is 0 Å². The van der Waals surface area contributed by atoms with Crippen LogP contribution in [0.1, 0.15) is 25.0 Å². The number of phenols is 2. The molecule has 30 heavy (non-hydrogen) atoms. The van der Waals surface area contributed by atoms with Crippen LogP contribution in [0.3, 0.4) is 0 Å². The molecule has 0 saturated heterocycles. The molecule has 1 saturated carbocycles. The van der Waals surface area contributed by atoms with E-state index in [1.807, 2.05) is 19.1 Å². The molecule has 3 N–H and O–H groups in total. The SMILES string of the molecule is CC1=CC2C3C(=O)C(c4ccc(O)cc4)=CC3(c3ccc(O)cc3)C1C(=O)C2(C)O. The highest BCUT2D eigenvalue weighted by Gasteiger charge is 2.69. The van der Waals surface area contributed by atoms with E-state index in [0.29, 0.717) is 11.1 Å². The lowest BCUT2D eigenvalue weighted by molar-refractivity contribution is -0.160. The van der Waals surface area contributed by atoms with Crippen LogP contribution in [0.2, 0.25) is 0 Å². The fourth-order valence-electron chi connectivity index (χ4n) is 5.77. The molecule has 4 aliphatic rings. The standard InChI is InChI=1S/C25H22O5/c1-13-11-19-21-22(28)18(14-3-7-16(26)8-4-14)12-25(21,15-5-9-17(27)10-6-15)20(13)23(29)24(19,2)30/h3-12,19-21,26-27,30H,1-2H3. The Morgan fingerprint density at radius 1 is 0.900 bits per heavy atom. The second-order valence-corrected chi connectivity index (χ2v) is 8.81. The largest absolute Gasteiger partial charge is 0.508 e. The smallest absolute Gasteiger partial charge is 0.172 e. The average Bonchev–Trinajstić information content (AvgIpc) is 3.01. The van der Waals surface area contributed by atoms with Crippen LogP contribution in [0.5, 0.6) is 11.5 Å². The van der Waals surface area contributed by atoms with E-state index < -0.39 is 28.8 Å². The van der Waals surface area contributed by atoms with Crippen LogP contribution in [0.25, 0.3) is 5.57 Å². The third kappa shape index (κ3) is 2.21. The summed E-state index contributed by atoms with van der Waals surface area (Å²) in [6, 6.07) is 13.0. The summed E-state index contributed by atoms with van der Waals surface area (Å²) in [5, 5.41) is 30.5. The van der Waals surface area contributed by atoms with Crippen LogP contribution in [-0.4, -0.2) is 32.5 Å². The number of benzene rings is 2. The molecule has 6 rings (SSSR count). The first kappa shape index (κ1) is 18.8. The number of hydrogen-bond acceptors (Lipinski definition) is 5. The van der Waals surface area contributed by atoms with Gasteiger partial charge in [0.15, 0.2) is 11.6 Å². The summed E-state index contributed by atoms with van der Waals surface area (Å²) in [5.41, 5.74) is 0.200. The lowest BCUT2D eigenvalue weighted by atomic mass is 9.45. The molecule has 2 aromatic carbocycles. The van der Waals surface area contributed by atoms with E-state index in [1.165, 1.54) is 19.1 Å². The van der Waals surface area contributed by atoms with Crippen LogP contribution < -0.4 is 0 Å². The molecular weight excluding hydrogens is 380 g/mol. The molecule has 0 aromatic heterocycles. The zero-order valence-electron chi connectivity index (χ0n) is 16.7. The molecule has 5 unspecified atom stereocenters. The predicted molar refractivity (Wildman–Crippen MR) is 111 cm³/mol. The molecule has 2 aromatic rings. The molecule has 2 bridgehead atoms. The summed E-state index contributed by atoms with van der Waals surface area (Å²) < 4.78 is 0.